The Morgan fingerprint density at radius 2 is 0.890 bits per heavy atom. The van der Waals surface area contributed by atoms with E-state index in [0.717, 1.165) is 141 Å². The number of unbranched alkanes of at least 4 members (excludes halogenated alkanes) is 22. The minimum Gasteiger partial charge on any atom is -0.479 e. The number of ether oxygens (including phenoxy) is 5. The molecule has 12 heteroatoms. The first kappa shape index (κ1) is 67.2. The first-order valence-corrected chi connectivity index (χ1v) is 28.9. The minimum absolute atomic E-state index is 0.0398. The van der Waals surface area contributed by atoms with Crippen LogP contribution in [0.2, 0.25) is 0 Å². The Morgan fingerprint density at radius 3 is 1.38 bits per heavy atom. The third kappa shape index (κ3) is 39.3. The second kappa shape index (κ2) is 49.1. The molecule has 0 aromatic carbocycles. The Bertz CT molecular complexity index is 1550. The average molecular weight is 1030 g/mol. The van der Waals surface area contributed by atoms with Crippen LogP contribution < -0.4 is 0 Å². The van der Waals surface area contributed by atoms with Gasteiger partial charge in [0.05, 0.1) is 6.61 Å². The van der Waals surface area contributed by atoms with Gasteiger partial charge in [0.2, 0.25) is 0 Å². The van der Waals surface area contributed by atoms with Gasteiger partial charge in [-0.15, -0.1) is 0 Å². The molecule has 0 amide bonds. The largest absolute Gasteiger partial charge is 0.479 e. The van der Waals surface area contributed by atoms with Crippen LogP contribution in [0.1, 0.15) is 239 Å². The molecule has 418 valence electrons. The number of aliphatic hydroxyl groups is 2. The van der Waals surface area contributed by atoms with E-state index >= 15 is 0 Å². The Hall–Kier alpha value is -3.84. The Kier molecular flexibility index (Phi) is 45.1. The summed E-state index contributed by atoms with van der Waals surface area (Å²) in [6.07, 6.45) is 48.7. The summed E-state index contributed by atoms with van der Waals surface area (Å²) in [5.74, 6) is -3.17. The molecule has 0 aliphatic carbocycles. The standard InChI is InChI=1S/C61H102O12/c1-4-7-10-13-16-19-22-25-27-30-32-35-38-41-44-47-53(62)69-50-52(71-54(63)48-45-42-39-36-34-31-28-26-23-20-17-14-11-8-5-2)51-70-61-59(57(66)56(65)58(73-61)60(67)68)72-55(64)49-46-43-40-37-33-29-24-21-18-15-12-9-6-3/h7,10,12,15-16,19,21,24-28,52,56-59,61,65-66H,4-6,8-9,11,13-14,17-18,20,22-23,29-51H2,1-3H3,(H,67,68)/b10-7-,15-12-,19-16-,24-21-,27-25-,28-26-. The number of aliphatic hydroxyl groups excluding tert-OH is 2. The number of hydrogen-bond acceptors (Lipinski definition) is 11. The molecule has 1 aliphatic heterocycles. The van der Waals surface area contributed by atoms with E-state index in [1.54, 1.807) is 0 Å². The van der Waals surface area contributed by atoms with Gasteiger partial charge in [0.25, 0.3) is 0 Å². The van der Waals surface area contributed by atoms with Crippen molar-refractivity contribution in [1.82, 2.24) is 0 Å². The van der Waals surface area contributed by atoms with Crippen LogP contribution in [0.3, 0.4) is 0 Å². The van der Waals surface area contributed by atoms with Crippen molar-refractivity contribution in [1.29, 1.82) is 0 Å². The molecule has 0 aromatic heterocycles. The van der Waals surface area contributed by atoms with Crippen LogP contribution >= 0.6 is 0 Å². The van der Waals surface area contributed by atoms with Gasteiger partial charge >= 0.3 is 23.9 Å². The fourth-order valence-corrected chi connectivity index (χ4v) is 8.30. The first-order chi connectivity index (χ1) is 35.6. The maximum Gasteiger partial charge on any atom is 0.335 e. The van der Waals surface area contributed by atoms with E-state index in [4.69, 9.17) is 23.7 Å². The lowest BCUT2D eigenvalue weighted by Gasteiger charge is -2.40. The summed E-state index contributed by atoms with van der Waals surface area (Å²) in [5, 5.41) is 31.4. The smallest absolute Gasteiger partial charge is 0.335 e. The van der Waals surface area contributed by atoms with E-state index in [-0.39, 0.29) is 25.9 Å². The molecule has 0 radical (unpaired) electrons. The van der Waals surface area contributed by atoms with Gasteiger partial charge in [-0.25, -0.2) is 4.79 Å². The zero-order valence-electron chi connectivity index (χ0n) is 45.9. The maximum atomic E-state index is 13.1. The number of carboxylic acid groups (broad SMARTS) is 1. The van der Waals surface area contributed by atoms with Gasteiger partial charge in [0, 0.05) is 19.3 Å². The Balaban J connectivity index is 2.73. The highest BCUT2D eigenvalue weighted by molar-refractivity contribution is 5.74. The predicted molar refractivity (Wildman–Crippen MR) is 294 cm³/mol. The average Bonchev–Trinajstić information content (AvgIpc) is 3.37. The summed E-state index contributed by atoms with van der Waals surface area (Å²) in [7, 11) is 0. The molecule has 0 spiro atoms. The molecular weight excluding hydrogens is 925 g/mol. The van der Waals surface area contributed by atoms with Crippen LogP contribution in [0.4, 0.5) is 0 Å². The van der Waals surface area contributed by atoms with Crippen LogP contribution in [0.15, 0.2) is 72.9 Å². The fraction of sp³-hybridized carbons (Fsp3) is 0.738. The molecule has 12 nitrogen and oxygen atoms in total. The molecule has 1 saturated heterocycles. The summed E-state index contributed by atoms with van der Waals surface area (Å²) in [6, 6.07) is 0. The third-order valence-corrected chi connectivity index (χ3v) is 12.7. The lowest BCUT2D eigenvalue weighted by molar-refractivity contribution is -0.301. The van der Waals surface area contributed by atoms with Crippen molar-refractivity contribution in [2.75, 3.05) is 13.2 Å². The van der Waals surface area contributed by atoms with Crippen molar-refractivity contribution in [3.63, 3.8) is 0 Å². The molecule has 0 saturated carbocycles. The van der Waals surface area contributed by atoms with Crippen LogP contribution in [0.25, 0.3) is 0 Å². The predicted octanol–water partition coefficient (Wildman–Crippen LogP) is 14.6. The second-order valence-corrected chi connectivity index (χ2v) is 19.5. The SMILES string of the molecule is CC/C=C\C/C=C\C/C=C\CCCCCCCC(=O)OCC(COC1OC(C(=O)O)C(O)C(O)C1OC(=O)CCCCCCC/C=C\C/C=C\CCC)OC(=O)CCCCCCC/C=C\CCCCCCCC. The van der Waals surface area contributed by atoms with Crippen molar-refractivity contribution >= 4 is 23.9 Å². The van der Waals surface area contributed by atoms with Crippen LogP contribution in [-0.2, 0) is 42.9 Å². The van der Waals surface area contributed by atoms with E-state index < -0.39 is 67.3 Å². The number of allylic oxidation sites excluding steroid dienone is 12. The zero-order chi connectivity index (χ0) is 53.3. The molecule has 1 rings (SSSR count). The lowest BCUT2D eigenvalue weighted by atomic mass is 9.98. The minimum atomic E-state index is -1.91. The molecule has 1 aliphatic rings. The zero-order valence-corrected chi connectivity index (χ0v) is 45.9. The first-order valence-electron chi connectivity index (χ1n) is 28.9. The third-order valence-electron chi connectivity index (χ3n) is 12.7. The number of esters is 3. The number of aliphatic carboxylic acids is 1. The molecule has 3 N–H and O–H groups in total. The van der Waals surface area contributed by atoms with Crippen LogP contribution in [0.5, 0.6) is 0 Å². The molecular formula is C61H102O12. The van der Waals surface area contributed by atoms with Gasteiger partial charge in [-0.3, -0.25) is 14.4 Å². The molecule has 6 unspecified atom stereocenters. The van der Waals surface area contributed by atoms with E-state index in [9.17, 15) is 34.5 Å². The molecule has 0 bridgehead atoms. The van der Waals surface area contributed by atoms with Crippen molar-refractivity contribution < 1.29 is 58.2 Å². The van der Waals surface area contributed by atoms with Gasteiger partial charge < -0.3 is 39.0 Å². The topological polar surface area (TPSA) is 175 Å². The molecule has 0 aromatic rings. The van der Waals surface area contributed by atoms with E-state index in [0.29, 0.717) is 19.3 Å². The molecule has 73 heavy (non-hydrogen) atoms. The quantitative estimate of drug-likeness (QED) is 0.0228. The Morgan fingerprint density at radius 1 is 0.466 bits per heavy atom. The Labute approximate surface area is 442 Å². The highest BCUT2D eigenvalue weighted by atomic mass is 16.7. The summed E-state index contributed by atoms with van der Waals surface area (Å²) in [6.45, 7) is 5.78. The van der Waals surface area contributed by atoms with E-state index in [1.807, 2.05) is 0 Å². The van der Waals surface area contributed by atoms with Crippen molar-refractivity contribution in [3.8, 4) is 0 Å². The molecule has 1 fully saturated rings. The van der Waals surface area contributed by atoms with Crippen molar-refractivity contribution in [2.24, 2.45) is 0 Å². The summed E-state index contributed by atoms with van der Waals surface area (Å²) in [4.78, 5) is 51.0. The maximum absolute atomic E-state index is 13.1. The van der Waals surface area contributed by atoms with Crippen LogP contribution in [0, 0.1) is 0 Å². The monoisotopic (exact) mass is 1030 g/mol. The number of carbonyl (C=O) groups is 4. The highest BCUT2D eigenvalue weighted by Gasteiger charge is 2.50. The number of hydrogen-bond donors (Lipinski definition) is 3. The second-order valence-electron chi connectivity index (χ2n) is 19.5. The number of carboxylic acids is 1. The molecule has 1 heterocycles. The highest BCUT2D eigenvalue weighted by Crippen LogP contribution is 2.26. The van der Waals surface area contributed by atoms with E-state index in [2.05, 4.69) is 93.7 Å². The van der Waals surface area contributed by atoms with Crippen molar-refractivity contribution in [3.05, 3.63) is 72.9 Å². The number of rotatable bonds is 48. The molecule has 6 atom stereocenters. The summed E-state index contributed by atoms with van der Waals surface area (Å²) >= 11 is 0. The van der Waals surface area contributed by atoms with Gasteiger partial charge in [0.15, 0.2) is 24.6 Å². The number of carbonyl (C=O) groups excluding carboxylic acids is 3. The van der Waals surface area contributed by atoms with Gasteiger partial charge in [-0.05, 0) is 103 Å². The normalized spacial score (nSPS) is 18.8. The van der Waals surface area contributed by atoms with Gasteiger partial charge in [-0.2, -0.15) is 0 Å². The summed E-state index contributed by atoms with van der Waals surface area (Å²) in [5.41, 5.74) is 0. The van der Waals surface area contributed by atoms with Crippen molar-refractivity contribution in [2.45, 2.75) is 276 Å². The lowest BCUT2D eigenvalue weighted by Crippen LogP contribution is -2.61. The summed E-state index contributed by atoms with van der Waals surface area (Å²) < 4.78 is 28.4. The van der Waals surface area contributed by atoms with Gasteiger partial charge in [-0.1, -0.05) is 190 Å². The van der Waals surface area contributed by atoms with Crippen LogP contribution in [-0.4, -0.2) is 89.2 Å². The van der Waals surface area contributed by atoms with Gasteiger partial charge in [0.1, 0.15) is 18.8 Å². The van der Waals surface area contributed by atoms with E-state index in [1.165, 1.54) is 38.5 Å². The fourth-order valence-electron chi connectivity index (χ4n) is 8.30.